The highest BCUT2D eigenvalue weighted by molar-refractivity contribution is 5.78. The first-order valence-corrected chi connectivity index (χ1v) is 9.30. The van der Waals surface area contributed by atoms with Gasteiger partial charge in [-0.1, -0.05) is 44.2 Å². The van der Waals surface area contributed by atoms with Gasteiger partial charge in [0.1, 0.15) is 0 Å². The van der Waals surface area contributed by atoms with E-state index in [2.05, 4.69) is 0 Å². The smallest absolute Gasteiger partial charge is 0.225 e. The van der Waals surface area contributed by atoms with Gasteiger partial charge in [0.05, 0.1) is 24.3 Å². The Labute approximate surface area is 154 Å². The van der Waals surface area contributed by atoms with E-state index in [0.717, 1.165) is 41.3 Å². The fourth-order valence-electron chi connectivity index (χ4n) is 4.08. The number of aryl methyl sites for hydroxylation is 1. The first-order valence-electron chi connectivity index (χ1n) is 9.30. The summed E-state index contributed by atoms with van der Waals surface area (Å²) in [6.07, 6.45) is 0.892. The number of carbonyl (C=O) groups excluding carboxylic acids is 1. The van der Waals surface area contributed by atoms with Crippen molar-refractivity contribution in [1.82, 2.24) is 14.9 Å². The number of likely N-dealkylation sites (tertiary alicyclic amines) is 1. The fraction of sp³-hybridized carbons (Fsp3) is 0.476. The van der Waals surface area contributed by atoms with Crippen molar-refractivity contribution in [3.05, 3.63) is 47.3 Å². The van der Waals surface area contributed by atoms with Crippen LogP contribution in [-0.4, -0.2) is 40.5 Å². The minimum absolute atomic E-state index is 0.0149. The van der Waals surface area contributed by atoms with Gasteiger partial charge in [0.2, 0.25) is 5.91 Å². The summed E-state index contributed by atoms with van der Waals surface area (Å²) < 4.78 is 5.93. The Bertz CT molecular complexity index is 835. The van der Waals surface area contributed by atoms with Crippen LogP contribution in [0.1, 0.15) is 37.2 Å². The Balaban J connectivity index is 1.76. The molecule has 26 heavy (non-hydrogen) atoms. The van der Waals surface area contributed by atoms with Crippen LogP contribution in [0.4, 0.5) is 0 Å². The number of carbonyl (C=O) groups is 1. The quantitative estimate of drug-likeness (QED) is 0.834. The molecule has 1 saturated heterocycles. The van der Waals surface area contributed by atoms with Gasteiger partial charge in [0, 0.05) is 35.8 Å². The Morgan fingerprint density at radius 2 is 2.00 bits per heavy atom. The van der Waals surface area contributed by atoms with E-state index >= 15 is 0 Å². The van der Waals surface area contributed by atoms with Gasteiger partial charge < -0.3 is 9.64 Å². The van der Waals surface area contributed by atoms with Crippen molar-refractivity contribution in [3.63, 3.8) is 0 Å². The van der Waals surface area contributed by atoms with Crippen LogP contribution in [0.5, 0.6) is 0 Å². The van der Waals surface area contributed by atoms with Crippen molar-refractivity contribution in [2.45, 2.75) is 39.2 Å². The molecular formula is C21H25N3O2. The van der Waals surface area contributed by atoms with E-state index in [9.17, 15) is 4.79 Å². The molecule has 1 aromatic carbocycles. The molecule has 3 heterocycles. The number of hydrogen-bond donors (Lipinski definition) is 0. The maximum absolute atomic E-state index is 12.5. The lowest BCUT2D eigenvalue weighted by Gasteiger charge is -2.35. The summed E-state index contributed by atoms with van der Waals surface area (Å²) in [4.78, 5) is 24.2. The lowest BCUT2D eigenvalue weighted by molar-refractivity contribution is -0.133. The van der Waals surface area contributed by atoms with Gasteiger partial charge in [-0.15, -0.1) is 0 Å². The molecule has 1 amide bonds. The molecule has 136 valence electrons. The molecule has 1 spiro atoms. The molecule has 5 heteroatoms. The summed E-state index contributed by atoms with van der Waals surface area (Å²) in [6, 6.07) is 10.1. The van der Waals surface area contributed by atoms with Crippen molar-refractivity contribution < 1.29 is 9.53 Å². The molecule has 1 fully saturated rings. The van der Waals surface area contributed by atoms with Gasteiger partial charge in [0.15, 0.2) is 5.82 Å². The Kier molecular flexibility index (Phi) is 4.27. The van der Waals surface area contributed by atoms with Gasteiger partial charge >= 0.3 is 0 Å². The lowest BCUT2D eigenvalue weighted by Crippen LogP contribution is -2.42. The van der Waals surface area contributed by atoms with Crippen LogP contribution in [0.25, 0.3) is 11.4 Å². The number of aromatic nitrogens is 2. The summed E-state index contributed by atoms with van der Waals surface area (Å²) in [5, 5.41) is 0. The normalized spacial score (nSPS) is 22.1. The third-order valence-electron chi connectivity index (χ3n) is 5.53. The van der Waals surface area contributed by atoms with Gasteiger partial charge in [0.25, 0.3) is 0 Å². The molecule has 1 atom stereocenters. The van der Waals surface area contributed by atoms with Gasteiger partial charge in [-0.05, 0) is 13.3 Å². The molecule has 0 N–H and O–H groups in total. The maximum atomic E-state index is 12.5. The third kappa shape index (κ3) is 2.80. The minimum Gasteiger partial charge on any atom is -0.376 e. The molecule has 0 aliphatic carbocycles. The average molecular weight is 351 g/mol. The topological polar surface area (TPSA) is 55.3 Å². The van der Waals surface area contributed by atoms with E-state index in [1.54, 1.807) is 0 Å². The molecule has 1 aromatic heterocycles. The zero-order valence-electron chi connectivity index (χ0n) is 15.7. The first-order chi connectivity index (χ1) is 12.5. The number of hydrogen-bond acceptors (Lipinski definition) is 4. The van der Waals surface area contributed by atoms with E-state index in [4.69, 9.17) is 14.7 Å². The van der Waals surface area contributed by atoms with Gasteiger partial charge in [-0.2, -0.15) is 0 Å². The second-order valence-electron chi connectivity index (χ2n) is 7.76. The number of ether oxygens (including phenoxy) is 1. The lowest BCUT2D eigenvalue weighted by atomic mass is 9.80. The predicted molar refractivity (Wildman–Crippen MR) is 99.6 cm³/mol. The van der Waals surface area contributed by atoms with Crippen molar-refractivity contribution in [1.29, 1.82) is 0 Å². The van der Waals surface area contributed by atoms with Crippen molar-refractivity contribution in [2.24, 2.45) is 5.92 Å². The van der Waals surface area contributed by atoms with Gasteiger partial charge in [-0.3, -0.25) is 4.79 Å². The second-order valence-corrected chi connectivity index (χ2v) is 7.76. The van der Waals surface area contributed by atoms with Crippen molar-refractivity contribution in [3.8, 4) is 11.4 Å². The summed E-state index contributed by atoms with van der Waals surface area (Å²) >= 11 is 0. The molecule has 0 unspecified atom stereocenters. The van der Waals surface area contributed by atoms with Crippen molar-refractivity contribution in [2.75, 3.05) is 19.7 Å². The molecule has 0 saturated carbocycles. The van der Waals surface area contributed by atoms with E-state index < -0.39 is 0 Å². The summed E-state index contributed by atoms with van der Waals surface area (Å²) in [7, 11) is 0. The van der Waals surface area contributed by atoms with E-state index in [1.165, 1.54) is 0 Å². The third-order valence-corrected chi connectivity index (χ3v) is 5.53. The van der Waals surface area contributed by atoms with Crippen LogP contribution in [0.15, 0.2) is 30.3 Å². The zero-order chi connectivity index (χ0) is 18.3. The highest BCUT2D eigenvalue weighted by Crippen LogP contribution is 2.40. The first kappa shape index (κ1) is 17.2. The second kappa shape index (κ2) is 6.47. The number of amides is 1. The zero-order valence-corrected chi connectivity index (χ0v) is 15.7. The Morgan fingerprint density at radius 3 is 2.73 bits per heavy atom. The molecule has 2 aromatic rings. The van der Waals surface area contributed by atoms with Gasteiger partial charge in [-0.25, -0.2) is 9.97 Å². The van der Waals surface area contributed by atoms with Crippen LogP contribution in [0.3, 0.4) is 0 Å². The number of rotatable bonds is 2. The Hall–Kier alpha value is -2.27. The van der Waals surface area contributed by atoms with Crippen LogP contribution in [0, 0.1) is 12.8 Å². The number of benzene rings is 1. The fourth-order valence-corrected chi connectivity index (χ4v) is 4.08. The highest BCUT2D eigenvalue weighted by atomic mass is 16.5. The highest BCUT2D eigenvalue weighted by Gasteiger charge is 2.46. The molecule has 2 aliphatic heterocycles. The van der Waals surface area contributed by atoms with Crippen LogP contribution in [-0.2, 0) is 21.6 Å². The molecule has 2 aliphatic rings. The van der Waals surface area contributed by atoms with Crippen LogP contribution in [0.2, 0.25) is 0 Å². The molecule has 4 rings (SSSR count). The Morgan fingerprint density at radius 1 is 1.23 bits per heavy atom. The van der Waals surface area contributed by atoms with Crippen LogP contribution < -0.4 is 0 Å². The SMILES string of the molecule is Cc1nc(-c2ccccc2)nc2c1COC[C@]21CCN(C(=O)C(C)C)C1. The molecule has 0 radical (unpaired) electrons. The monoisotopic (exact) mass is 351 g/mol. The summed E-state index contributed by atoms with van der Waals surface area (Å²) in [5.41, 5.74) is 3.95. The molecular weight excluding hydrogens is 326 g/mol. The van der Waals surface area contributed by atoms with E-state index in [0.29, 0.717) is 19.8 Å². The molecule has 5 nitrogen and oxygen atoms in total. The van der Waals surface area contributed by atoms with E-state index in [1.807, 2.05) is 56.0 Å². The number of fused-ring (bicyclic) bond motifs is 2. The van der Waals surface area contributed by atoms with E-state index in [-0.39, 0.29) is 17.2 Å². The minimum atomic E-state index is -0.213. The average Bonchev–Trinajstić information content (AvgIpc) is 3.07. The van der Waals surface area contributed by atoms with Crippen LogP contribution >= 0.6 is 0 Å². The van der Waals surface area contributed by atoms with Crippen molar-refractivity contribution >= 4 is 5.91 Å². The molecule has 0 bridgehead atoms. The predicted octanol–water partition coefficient (Wildman–Crippen LogP) is 3.11. The summed E-state index contributed by atoms with van der Waals surface area (Å²) in [6.45, 7) is 8.56. The standard InChI is InChI=1S/C21H25N3O2/c1-14(2)20(25)24-10-9-21(12-24)13-26-11-17-15(3)22-19(23-18(17)21)16-7-5-4-6-8-16/h4-8,14H,9-13H2,1-3H3/t21-/m1/s1. The summed E-state index contributed by atoms with van der Waals surface area (Å²) in [5.74, 6) is 0.987. The maximum Gasteiger partial charge on any atom is 0.225 e. The largest absolute Gasteiger partial charge is 0.376 e. The number of nitrogens with zero attached hydrogens (tertiary/aromatic N) is 3.